The Balaban J connectivity index is 1.56. The van der Waals surface area contributed by atoms with Crippen molar-refractivity contribution in [3.8, 4) is 0 Å². The first-order valence-corrected chi connectivity index (χ1v) is 6.58. The highest BCUT2D eigenvalue weighted by Crippen LogP contribution is 2.34. The number of fused-ring (bicyclic) bond motifs is 2. The molecule has 3 aliphatic rings. The fourth-order valence-electron chi connectivity index (χ4n) is 2.68. The first-order valence-electron chi connectivity index (χ1n) is 6.58. The van der Waals surface area contributed by atoms with Crippen LogP contribution < -0.4 is 10.6 Å². The van der Waals surface area contributed by atoms with Crippen molar-refractivity contribution in [2.75, 3.05) is 6.54 Å². The van der Waals surface area contributed by atoms with Crippen molar-refractivity contribution in [1.29, 1.82) is 0 Å². The van der Waals surface area contributed by atoms with Gasteiger partial charge >= 0.3 is 0 Å². The minimum absolute atomic E-state index is 0.424. The van der Waals surface area contributed by atoms with Crippen molar-refractivity contribution in [2.24, 2.45) is 4.99 Å². The van der Waals surface area contributed by atoms with Crippen LogP contribution in [0.15, 0.2) is 4.99 Å². The molecule has 0 aromatic heterocycles. The molecule has 2 bridgehead atoms. The highest BCUT2D eigenvalue weighted by atomic mass is 16.5. The maximum absolute atomic E-state index is 5.84. The summed E-state index contributed by atoms with van der Waals surface area (Å²) in [5.41, 5.74) is 0. The highest BCUT2D eigenvalue weighted by Gasteiger charge is 2.41. The fourth-order valence-corrected chi connectivity index (χ4v) is 2.68. The lowest BCUT2D eigenvalue weighted by Gasteiger charge is -2.22. The Hall–Kier alpha value is -0.770. The lowest BCUT2D eigenvalue weighted by molar-refractivity contribution is 0.0992. The molecule has 0 aromatic carbocycles. The van der Waals surface area contributed by atoms with E-state index in [1.54, 1.807) is 0 Å². The maximum Gasteiger partial charge on any atom is 0.191 e. The number of nitrogens with one attached hydrogen (secondary N) is 2. The zero-order chi connectivity index (χ0) is 11.0. The molecule has 4 nitrogen and oxygen atoms in total. The van der Waals surface area contributed by atoms with Crippen molar-refractivity contribution in [2.45, 2.75) is 63.3 Å². The van der Waals surface area contributed by atoms with E-state index in [-0.39, 0.29) is 0 Å². The molecule has 2 N–H and O–H groups in total. The molecule has 1 aliphatic carbocycles. The molecule has 3 atom stereocenters. The molecule has 4 heteroatoms. The third-order valence-corrected chi connectivity index (χ3v) is 3.66. The quantitative estimate of drug-likeness (QED) is 0.555. The maximum atomic E-state index is 5.84. The summed E-state index contributed by atoms with van der Waals surface area (Å²) in [5, 5.41) is 7.00. The van der Waals surface area contributed by atoms with Gasteiger partial charge in [0.05, 0.1) is 18.2 Å². The van der Waals surface area contributed by atoms with Gasteiger partial charge in [-0.2, -0.15) is 0 Å². The Morgan fingerprint density at radius 2 is 2.12 bits per heavy atom. The van der Waals surface area contributed by atoms with E-state index in [1.165, 1.54) is 25.7 Å². The van der Waals surface area contributed by atoms with Gasteiger partial charge in [-0.1, -0.05) is 0 Å². The van der Waals surface area contributed by atoms with Crippen LogP contribution in [-0.2, 0) is 4.74 Å². The summed E-state index contributed by atoms with van der Waals surface area (Å²) in [6.07, 6.45) is 7.12. The zero-order valence-electron chi connectivity index (χ0n) is 9.91. The van der Waals surface area contributed by atoms with E-state index in [2.05, 4.69) is 22.5 Å². The summed E-state index contributed by atoms with van der Waals surface area (Å²) in [6, 6.07) is 1.15. The van der Waals surface area contributed by atoms with Gasteiger partial charge in [0.15, 0.2) is 5.96 Å². The SMILES string of the molecule is CCN=C(NC1CC1)NC1CC2CCC1O2. The van der Waals surface area contributed by atoms with Crippen molar-refractivity contribution in [3.63, 3.8) is 0 Å². The lowest BCUT2D eigenvalue weighted by atomic mass is 9.96. The lowest BCUT2D eigenvalue weighted by Crippen LogP contribution is -2.48. The molecule has 0 spiro atoms. The van der Waals surface area contributed by atoms with Gasteiger partial charge in [-0.05, 0) is 39.0 Å². The van der Waals surface area contributed by atoms with Gasteiger partial charge in [-0.15, -0.1) is 0 Å². The first-order chi connectivity index (χ1) is 7.85. The number of ether oxygens (including phenoxy) is 1. The average Bonchev–Trinajstić information content (AvgIpc) is 2.85. The topological polar surface area (TPSA) is 45.7 Å². The van der Waals surface area contributed by atoms with Crippen LogP contribution in [-0.4, -0.2) is 36.8 Å². The van der Waals surface area contributed by atoms with Gasteiger partial charge in [0.1, 0.15) is 0 Å². The van der Waals surface area contributed by atoms with Crippen LogP contribution in [0.25, 0.3) is 0 Å². The van der Waals surface area contributed by atoms with Crippen LogP contribution in [0, 0.1) is 0 Å². The van der Waals surface area contributed by atoms with Crippen molar-refractivity contribution in [3.05, 3.63) is 0 Å². The van der Waals surface area contributed by atoms with Crippen LogP contribution >= 0.6 is 0 Å². The molecular formula is C12H21N3O. The number of rotatable bonds is 3. The van der Waals surface area contributed by atoms with Crippen LogP contribution in [0.1, 0.15) is 39.0 Å². The molecule has 2 aliphatic heterocycles. The number of nitrogens with zero attached hydrogens (tertiary/aromatic N) is 1. The van der Waals surface area contributed by atoms with Crippen molar-refractivity contribution in [1.82, 2.24) is 10.6 Å². The number of guanidine groups is 1. The summed E-state index contributed by atoms with van der Waals surface area (Å²) in [6.45, 7) is 2.91. The Kier molecular flexibility index (Phi) is 2.75. The number of aliphatic imine (C=N–C) groups is 1. The van der Waals surface area contributed by atoms with Crippen LogP contribution in [0.5, 0.6) is 0 Å². The third kappa shape index (κ3) is 2.17. The van der Waals surface area contributed by atoms with Crippen molar-refractivity contribution >= 4 is 5.96 Å². The molecule has 2 saturated heterocycles. The summed E-state index contributed by atoms with van der Waals surface area (Å²) < 4.78 is 5.84. The standard InChI is InChI=1S/C12H21N3O/c1-2-13-12(14-8-3-4-8)15-10-7-9-5-6-11(10)16-9/h8-11H,2-7H2,1H3,(H2,13,14,15). The van der Waals surface area contributed by atoms with Gasteiger partial charge < -0.3 is 15.4 Å². The molecule has 16 heavy (non-hydrogen) atoms. The summed E-state index contributed by atoms with van der Waals surface area (Å²) in [5.74, 6) is 0.992. The Morgan fingerprint density at radius 3 is 2.69 bits per heavy atom. The zero-order valence-corrected chi connectivity index (χ0v) is 9.91. The van der Waals surface area contributed by atoms with E-state index < -0.39 is 0 Å². The molecule has 0 radical (unpaired) electrons. The average molecular weight is 223 g/mol. The minimum atomic E-state index is 0.424. The Labute approximate surface area is 96.8 Å². The van der Waals surface area contributed by atoms with E-state index in [9.17, 15) is 0 Å². The largest absolute Gasteiger partial charge is 0.373 e. The van der Waals surface area contributed by atoms with E-state index in [0.717, 1.165) is 18.9 Å². The Bertz CT molecular complexity index is 288. The fraction of sp³-hybridized carbons (Fsp3) is 0.917. The first kappa shape index (κ1) is 10.4. The number of hydrogen-bond acceptors (Lipinski definition) is 2. The van der Waals surface area contributed by atoms with Gasteiger partial charge in [0.2, 0.25) is 0 Å². The molecule has 3 unspecified atom stereocenters. The molecule has 0 amide bonds. The van der Waals surface area contributed by atoms with Crippen LogP contribution in [0.4, 0.5) is 0 Å². The van der Waals surface area contributed by atoms with E-state index in [4.69, 9.17) is 4.74 Å². The predicted octanol–water partition coefficient (Wildman–Crippen LogP) is 1.02. The molecule has 0 aromatic rings. The third-order valence-electron chi connectivity index (χ3n) is 3.66. The second-order valence-electron chi connectivity index (χ2n) is 5.10. The highest BCUT2D eigenvalue weighted by molar-refractivity contribution is 5.80. The van der Waals surface area contributed by atoms with Crippen molar-refractivity contribution < 1.29 is 4.74 Å². The van der Waals surface area contributed by atoms with E-state index in [0.29, 0.717) is 24.3 Å². The number of hydrogen-bond donors (Lipinski definition) is 2. The molecule has 1 saturated carbocycles. The second kappa shape index (κ2) is 4.24. The molecule has 90 valence electrons. The molecule has 3 rings (SSSR count). The predicted molar refractivity (Wildman–Crippen MR) is 63.6 cm³/mol. The normalized spacial score (nSPS) is 37.8. The van der Waals surface area contributed by atoms with E-state index >= 15 is 0 Å². The van der Waals surface area contributed by atoms with Gasteiger partial charge in [0.25, 0.3) is 0 Å². The summed E-state index contributed by atoms with van der Waals surface area (Å²) in [7, 11) is 0. The molecule has 3 fully saturated rings. The summed E-state index contributed by atoms with van der Waals surface area (Å²) in [4.78, 5) is 4.49. The molecule has 2 heterocycles. The smallest absolute Gasteiger partial charge is 0.191 e. The Morgan fingerprint density at radius 1 is 1.25 bits per heavy atom. The minimum Gasteiger partial charge on any atom is -0.373 e. The summed E-state index contributed by atoms with van der Waals surface area (Å²) >= 11 is 0. The van der Waals surface area contributed by atoms with E-state index in [1.807, 2.05) is 0 Å². The van der Waals surface area contributed by atoms with Crippen LogP contribution in [0.3, 0.4) is 0 Å². The van der Waals surface area contributed by atoms with Gasteiger partial charge in [0, 0.05) is 12.6 Å². The van der Waals surface area contributed by atoms with Gasteiger partial charge in [-0.3, -0.25) is 4.99 Å². The second-order valence-corrected chi connectivity index (χ2v) is 5.10. The molecular weight excluding hydrogens is 202 g/mol. The van der Waals surface area contributed by atoms with Gasteiger partial charge in [-0.25, -0.2) is 0 Å². The van der Waals surface area contributed by atoms with Crippen LogP contribution in [0.2, 0.25) is 0 Å². The monoisotopic (exact) mass is 223 g/mol.